The van der Waals surface area contributed by atoms with Gasteiger partial charge >= 0.3 is 11.9 Å². The third kappa shape index (κ3) is 6.68. The number of hydrogen-bond donors (Lipinski definition) is 1. The smallest absolute Gasteiger partial charge is 0.336 e. The average molecular weight is 216 g/mol. The molecule has 0 aromatic carbocycles. The van der Waals surface area contributed by atoms with Gasteiger partial charge in [-0.25, -0.2) is 9.59 Å². The van der Waals surface area contributed by atoms with Crippen LogP contribution < -0.4 is 0 Å². The molecular formula is C10H16O5. The van der Waals surface area contributed by atoms with E-state index in [1.54, 1.807) is 6.92 Å². The number of esters is 1. The van der Waals surface area contributed by atoms with Crippen LogP contribution in [0.3, 0.4) is 0 Å². The van der Waals surface area contributed by atoms with Crippen molar-refractivity contribution in [2.24, 2.45) is 0 Å². The molecule has 1 N–H and O–H groups in total. The van der Waals surface area contributed by atoms with E-state index in [1.165, 1.54) is 6.92 Å². The van der Waals surface area contributed by atoms with Gasteiger partial charge in [0.15, 0.2) is 6.29 Å². The second-order valence-electron chi connectivity index (χ2n) is 3.01. The molecule has 0 aliphatic carbocycles. The number of carbonyl (C=O) groups excluding carboxylic acids is 1. The van der Waals surface area contributed by atoms with E-state index < -0.39 is 18.2 Å². The summed E-state index contributed by atoms with van der Waals surface area (Å²) in [4.78, 5) is 21.5. The lowest BCUT2D eigenvalue weighted by molar-refractivity contribution is -0.170. The molecule has 0 heterocycles. The van der Waals surface area contributed by atoms with Crippen LogP contribution in [0, 0.1) is 0 Å². The van der Waals surface area contributed by atoms with Gasteiger partial charge in [0, 0.05) is 11.6 Å². The van der Waals surface area contributed by atoms with Crippen molar-refractivity contribution in [3.8, 4) is 0 Å². The summed E-state index contributed by atoms with van der Waals surface area (Å²) in [5.74, 6) is -1.85. The minimum atomic E-state index is -1.17. The minimum absolute atomic E-state index is 0.0365. The van der Waals surface area contributed by atoms with Crippen molar-refractivity contribution >= 4 is 11.9 Å². The zero-order valence-corrected chi connectivity index (χ0v) is 9.15. The first kappa shape index (κ1) is 13.6. The highest BCUT2D eigenvalue weighted by Gasteiger charge is 2.12. The highest BCUT2D eigenvalue weighted by Crippen LogP contribution is 2.02. The van der Waals surface area contributed by atoms with Crippen LogP contribution in [0.1, 0.15) is 27.2 Å². The SMILES string of the molecule is CCCOC(C)OC(=O)/C(C)=C/C(=O)O. The van der Waals surface area contributed by atoms with Gasteiger partial charge in [-0.2, -0.15) is 0 Å². The normalized spacial score (nSPS) is 13.4. The summed E-state index contributed by atoms with van der Waals surface area (Å²) in [5, 5.41) is 8.39. The van der Waals surface area contributed by atoms with E-state index in [-0.39, 0.29) is 5.57 Å². The molecule has 0 bridgehead atoms. The van der Waals surface area contributed by atoms with E-state index in [2.05, 4.69) is 0 Å². The highest BCUT2D eigenvalue weighted by atomic mass is 16.7. The minimum Gasteiger partial charge on any atom is -0.478 e. The molecule has 0 aliphatic rings. The largest absolute Gasteiger partial charge is 0.478 e. The molecule has 0 saturated carbocycles. The van der Waals surface area contributed by atoms with E-state index in [0.29, 0.717) is 6.61 Å². The molecule has 5 nitrogen and oxygen atoms in total. The Labute approximate surface area is 88.7 Å². The molecule has 0 saturated heterocycles. The molecule has 0 spiro atoms. The Morgan fingerprint density at radius 3 is 2.53 bits per heavy atom. The quantitative estimate of drug-likeness (QED) is 0.412. The Hall–Kier alpha value is -1.36. The lowest BCUT2D eigenvalue weighted by Crippen LogP contribution is -2.19. The Balaban J connectivity index is 4.07. The zero-order chi connectivity index (χ0) is 11.8. The predicted octanol–water partition coefficient (Wildman–Crippen LogP) is 1.33. The number of carboxylic acids is 1. The van der Waals surface area contributed by atoms with Crippen molar-refractivity contribution in [3.63, 3.8) is 0 Å². The molecule has 0 amide bonds. The van der Waals surface area contributed by atoms with Crippen molar-refractivity contribution in [2.45, 2.75) is 33.5 Å². The van der Waals surface area contributed by atoms with Crippen LogP contribution in [-0.2, 0) is 19.1 Å². The summed E-state index contributed by atoms with van der Waals surface area (Å²) in [5.41, 5.74) is 0.0365. The fourth-order valence-corrected chi connectivity index (χ4v) is 0.806. The number of hydrogen-bond acceptors (Lipinski definition) is 4. The number of aliphatic carboxylic acids is 1. The third-order valence-electron chi connectivity index (χ3n) is 1.49. The van der Waals surface area contributed by atoms with Crippen molar-refractivity contribution in [1.29, 1.82) is 0 Å². The van der Waals surface area contributed by atoms with Gasteiger partial charge in [-0.05, 0) is 20.3 Å². The van der Waals surface area contributed by atoms with E-state index >= 15 is 0 Å². The number of rotatable bonds is 6. The first-order chi connectivity index (χ1) is 6.97. The molecule has 5 heteroatoms. The fraction of sp³-hybridized carbons (Fsp3) is 0.600. The Bertz CT molecular complexity index is 257. The molecule has 0 fully saturated rings. The van der Waals surface area contributed by atoms with Crippen LogP contribution >= 0.6 is 0 Å². The summed E-state index contributed by atoms with van der Waals surface area (Å²) in [6.07, 6.45) is 0.968. The molecule has 15 heavy (non-hydrogen) atoms. The number of carbonyl (C=O) groups is 2. The second kappa shape index (κ2) is 7.00. The first-order valence-electron chi connectivity index (χ1n) is 4.71. The van der Waals surface area contributed by atoms with Crippen LogP contribution in [0.15, 0.2) is 11.6 Å². The van der Waals surface area contributed by atoms with Crippen molar-refractivity contribution in [2.75, 3.05) is 6.61 Å². The molecule has 86 valence electrons. The van der Waals surface area contributed by atoms with Gasteiger partial charge in [0.05, 0.1) is 6.61 Å². The van der Waals surface area contributed by atoms with Crippen LogP contribution in [0.4, 0.5) is 0 Å². The summed E-state index contributed by atoms with van der Waals surface area (Å²) < 4.78 is 9.92. The van der Waals surface area contributed by atoms with E-state index in [0.717, 1.165) is 12.5 Å². The van der Waals surface area contributed by atoms with Crippen molar-refractivity contribution < 1.29 is 24.2 Å². The first-order valence-corrected chi connectivity index (χ1v) is 4.71. The number of carboxylic acid groups (broad SMARTS) is 1. The lowest BCUT2D eigenvalue weighted by Gasteiger charge is -2.13. The van der Waals surface area contributed by atoms with Gasteiger partial charge in [-0.15, -0.1) is 0 Å². The van der Waals surface area contributed by atoms with Crippen LogP contribution in [-0.4, -0.2) is 29.9 Å². The zero-order valence-electron chi connectivity index (χ0n) is 9.15. The van der Waals surface area contributed by atoms with Crippen molar-refractivity contribution in [1.82, 2.24) is 0 Å². The Morgan fingerprint density at radius 1 is 1.47 bits per heavy atom. The topological polar surface area (TPSA) is 72.8 Å². The molecule has 0 aromatic rings. The van der Waals surface area contributed by atoms with Gasteiger partial charge < -0.3 is 14.6 Å². The van der Waals surface area contributed by atoms with Crippen molar-refractivity contribution in [3.05, 3.63) is 11.6 Å². The molecule has 1 unspecified atom stereocenters. The maximum Gasteiger partial charge on any atom is 0.336 e. The van der Waals surface area contributed by atoms with E-state index in [1.807, 2.05) is 6.92 Å². The van der Waals surface area contributed by atoms with E-state index in [9.17, 15) is 9.59 Å². The summed E-state index contributed by atoms with van der Waals surface area (Å²) >= 11 is 0. The van der Waals surface area contributed by atoms with Gasteiger partial charge in [0.25, 0.3) is 0 Å². The monoisotopic (exact) mass is 216 g/mol. The van der Waals surface area contributed by atoms with Crippen LogP contribution in [0.25, 0.3) is 0 Å². The van der Waals surface area contributed by atoms with Crippen LogP contribution in [0.2, 0.25) is 0 Å². The summed E-state index contributed by atoms with van der Waals surface area (Å²) in [6, 6.07) is 0. The number of ether oxygens (including phenoxy) is 2. The maximum absolute atomic E-state index is 11.2. The Kier molecular flexibility index (Phi) is 6.37. The maximum atomic E-state index is 11.2. The standard InChI is InChI=1S/C10H16O5/c1-4-5-14-8(3)15-10(13)7(2)6-9(11)12/h6,8H,4-5H2,1-3H3,(H,11,12)/b7-6+. The van der Waals surface area contributed by atoms with Gasteiger partial charge in [-0.3, -0.25) is 0 Å². The molecule has 0 radical (unpaired) electrons. The predicted molar refractivity (Wildman–Crippen MR) is 53.2 cm³/mol. The molecule has 1 atom stereocenters. The van der Waals surface area contributed by atoms with Gasteiger partial charge in [0.1, 0.15) is 0 Å². The third-order valence-corrected chi connectivity index (χ3v) is 1.49. The highest BCUT2D eigenvalue weighted by molar-refractivity contribution is 5.95. The summed E-state index contributed by atoms with van der Waals surface area (Å²) in [6.45, 7) is 5.39. The Morgan fingerprint density at radius 2 is 2.07 bits per heavy atom. The molecule has 0 aromatic heterocycles. The van der Waals surface area contributed by atoms with Gasteiger partial charge in [-0.1, -0.05) is 6.92 Å². The average Bonchev–Trinajstić information content (AvgIpc) is 2.13. The van der Waals surface area contributed by atoms with E-state index in [4.69, 9.17) is 14.6 Å². The summed E-state index contributed by atoms with van der Waals surface area (Å²) in [7, 11) is 0. The lowest BCUT2D eigenvalue weighted by atomic mass is 10.3. The van der Waals surface area contributed by atoms with Crippen LogP contribution in [0.5, 0.6) is 0 Å². The second-order valence-corrected chi connectivity index (χ2v) is 3.01. The molecule has 0 rings (SSSR count). The molecule has 0 aliphatic heterocycles. The fourth-order valence-electron chi connectivity index (χ4n) is 0.806. The van der Waals surface area contributed by atoms with Gasteiger partial charge in [0.2, 0.25) is 0 Å². The molecular weight excluding hydrogens is 200 g/mol.